The van der Waals surface area contributed by atoms with E-state index in [9.17, 15) is 4.79 Å². The Bertz CT molecular complexity index is 701. The van der Waals surface area contributed by atoms with Crippen LogP contribution in [-0.4, -0.2) is 34.1 Å². The van der Waals surface area contributed by atoms with E-state index in [1.54, 1.807) is 18.2 Å². The third-order valence-corrected chi connectivity index (χ3v) is 2.83. The number of anilines is 2. The predicted molar refractivity (Wildman–Crippen MR) is 75.2 cm³/mol. The molecule has 114 valence electrons. The van der Waals surface area contributed by atoms with Crippen LogP contribution in [0.2, 0.25) is 0 Å². The zero-order chi connectivity index (χ0) is 15.5. The number of benzene rings is 1. The molecule has 0 atom stereocenters. The molecule has 0 radical (unpaired) electrons. The van der Waals surface area contributed by atoms with Gasteiger partial charge in [-0.2, -0.15) is 15.0 Å². The molecule has 0 saturated heterocycles. The fourth-order valence-corrected chi connectivity index (χ4v) is 1.91. The van der Waals surface area contributed by atoms with Gasteiger partial charge in [0.1, 0.15) is 13.2 Å². The molecule has 9 nitrogen and oxygen atoms in total. The molecular formula is C13H13N5O4. The van der Waals surface area contributed by atoms with Gasteiger partial charge in [-0.1, -0.05) is 0 Å². The normalized spacial score (nSPS) is 12.7. The van der Waals surface area contributed by atoms with Crippen molar-refractivity contribution in [2.75, 3.05) is 24.7 Å². The summed E-state index contributed by atoms with van der Waals surface area (Å²) in [6.07, 6.45) is 0. The van der Waals surface area contributed by atoms with Crippen molar-refractivity contribution >= 4 is 17.9 Å². The van der Waals surface area contributed by atoms with Crippen molar-refractivity contribution in [3.63, 3.8) is 0 Å². The number of fused-ring (bicyclic) bond motifs is 1. The summed E-state index contributed by atoms with van der Waals surface area (Å²) in [5.74, 6) is 0.677. The van der Waals surface area contributed by atoms with Gasteiger partial charge in [0.2, 0.25) is 11.9 Å². The fraction of sp³-hybridized carbons (Fsp3) is 0.231. The number of aromatic nitrogens is 3. The molecule has 22 heavy (non-hydrogen) atoms. The summed E-state index contributed by atoms with van der Waals surface area (Å²) >= 11 is 0. The number of hydrogen-bond donors (Lipinski definition) is 2. The summed E-state index contributed by atoms with van der Waals surface area (Å²) in [4.78, 5) is 23.3. The molecule has 2 heterocycles. The maximum Gasteiger partial charge on any atom is 0.338 e. The molecule has 4 N–H and O–H groups in total. The maximum atomic E-state index is 12.0. The van der Waals surface area contributed by atoms with Crippen molar-refractivity contribution in [2.45, 2.75) is 6.61 Å². The smallest absolute Gasteiger partial charge is 0.338 e. The van der Waals surface area contributed by atoms with E-state index < -0.39 is 5.97 Å². The van der Waals surface area contributed by atoms with Gasteiger partial charge in [-0.15, -0.1) is 0 Å². The van der Waals surface area contributed by atoms with Crippen LogP contribution < -0.4 is 20.9 Å². The Morgan fingerprint density at radius 1 is 1.09 bits per heavy atom. The molecule has 0 aliphatic carbocycles. The molecular weight excluding hydrogens is 290 g/mol. The van der Waals surface area contributed by atoms with Crippen LogP contribution in [0.3, 0.4) is 0 Å². The largest absolute Gasteiger partial charge is 0.486 e. The maximum absolute atomic E-state index is 12.0. The first-order chi connectivity index (χ1) is 10.6. The summed E-state index contributed by atoms with van der Waals surface area (Å²) in [6, 6.07) is 4.81. The molecule has 3 rings (SSSR count). The van der Waals surface area contributed by atoms with Crippen molar-refractivity contribution in [2.24, 2.45) is 0 Å². The summed E-state index contributed by atoms with van der Waals surface area (Å²) in [7, 11) is 0. The third-order valence-electron chi connectivity index (χ3n) is 2.83. The summed E-state index contributed by atoms with van der Waals surface area (Å²) in [5.41, 5.74) is 11.2. The van der Waals surface area contributed by atoms with E-state index in [0.29, 0.717) is 30.3 Å². The quantitative estimate of drug-likeness (QED) is 0.760. The van der Waals surface area contributed by atoms with Crippen LogP contribution in [0.25, 0.3) is 0 Å². The van der Waals surface area contributed by atoms with Crippen LogP contribution in [-0.2, 0) is 11.3 Å². The average molecular weight is 303 g/mol. The van der Waals surface area contributed by atoms with Crippen molar-refractivity contribution in [1.29, 1.82) is 0 Å². The second-order valence-corrected chi connectivity index (χ2v) is 4.40. The van der Waals surface area contributed by atoms with Crippen molar-refractivity contribution in [3.8, 4) is 11.5 Å². The first-order valence-corrected chi connectivity index (χ1v) is 6.44. The van der Waals surface area contributed by atoms with Gasteiger partial charge in [0.25, 0.3) is 0 Å². The molecule has 0 unspecified atom stereocenters. The molecule has 0 fully saturated rings. The van der Waals surface area contributed by atoms with Gasteiger partial charge in [-0.05, 0) is 18.2 Å². The lowest BCUT2D eigenvalue weighted by Gasteiger charge is -2.18. The van der Waals surface area contributed by atoms with Crippen LogP contribution in [0, 0.1) is 0 Å². The van der Waals surface area contributed by atoms with Gasteiger partial charge < -0.3 is 25.7 Å². The van der Waals surface area contributed by atoms with E-state index in [1.165, 1.54) is 0 Å². The number of carbonyl (C=O) groups excluding carboxylic acids is 1. The molecule has 1 aromatic carbocycles. The number of esters is 1. The van der Waals surface area contributed by atoms with Crippen molar-refractivity contribution in [1.82, 2.24) is 15.0 Å². The first kappa shape index (κ1) is 13.9. The molecule has 1 aliphatic heterocycles. The lowest BCUT2D eigenvalue weighted by Crippen LogP contribution is -2.16. The SMILES string of the molecule is Nc1nc(N)nc(COC(=O)c2ccc3c(c2)OCCO3)n1. The molecule has 0 amide bonds. The number of carbonyl (C=O) groups is 1. The van der Waals surface area contributed by atoms with E-state index in [2.05, 4.69) is 15.0 Å². The number of rotatable bonds is 3. The highest BCUT2D eigenvalue weighted by Gasteiger charge is 2.16. The van der Waals surface area contributed by atoms with Crippen LogP contribution >= 0.6 is 0 Å². The Balaban J connectivity index is 1.69. The van der Waals surface area contributed by atoms with E-state index in [1.807, 2.05) is 0 Å². The molecule has 0 spiro atoms. The Labute approximate surface area is 125 Å². The minimum Gasteiger partial charge on any atom is -0.486 e. The number of ether oxygens (including phenoxy) is 3. The third kappa shape index (κ3) is 2.97. The molecule has 2 aromatic rings. The zero-order valence-corrected chi connectivity index (χ0v) is 11.5. The van der Waals surface area contributed by atoms with E-state index in [4.69, 9.17) is 25.7 Å². The molecule has 1 aliphatic rings. The number of nitrogens with two attached hydrogens (primary N) is 2. The molecule has 0 saturated carbocycles. The second kappa shape index (κ2) is 5.72. The monoisotopic (exact) mass is 303 g/mol. The van der Waals surface area contributed by atoms with Gasteiger partial charge >= 0.3 is 5.97 Å². The molecule has 9 heteroatoms. The van der Waals surface area contributed by atoms with E-state index >= 15 is 0 Å². The lowest BCUT2D eigenvalue weighted by atomic mass is 10.2. The molecule has 0 bridgehead atoms. The topological polar surface area (TPSA) is 135 Å². The van der Waals surface area contributed by atoms with Gasteiger partial charge in [0.15, 0.2) is 23.9 Å². The Morgan fingerprint density at radius 3 is 2.50 bits per heavy atom. The summed E-state index contributed by atoms with van der Waals surface area (Å²) in [5, 5.41) is 0. The Kier molecular flexibility index (Phi) is 3.60. The standard InChI is InChI=1S/C13H13N5O4/c14-12-16-10(17-13(15)18-12)6-22-11(19)7-1-2-8-9(5-7)21-4-3-20-8/h1-2,5H,3-4,6H2,(H4,14,15,16,17,18). The van der Waals surface area contributed by atoms with Crippen LogP contribution in [0.1, 0.15) is 16.2 Å². The minimum atomic E-state index is -0.547. The van der Waals surface area contributed by atoms with Crippen molar-refractivity contribution < 1.29 is 19.0 Å². The Morgan fingerprint density at radius 2 is 1.77 bits per heavy atom. The number of nitrogen functional groups attached to an aromatic ring is 2. The van der Waals surface area contributed by atoms with Gasteiger partial charge in [0, 0.05) is 0 Å². The summed E-state index contributed by atoms with van der Waals surface area (Å²) < 4.78 is 15.9. The second-order valence-electron chi connectivity index (χ2n) is 4.40. The highest BCUT2D eigenvalue weighted by atomic mass is 16.6. The van der Waals surface area contributed by atoms with Crippen LogP contribution in [0.5, 0.6) is 11.5 Å². The molecule has 1 aromatic heterocycles. The van der Waals surface area contributed by atoms with E-state index in [0.717, 1.165) is 0 Å². The Hall–Kier alpha value is -3.10. The summed E-state index contributed by atoms with van der Waals surface area (Å²) in [6.45, 7) is 0.762. The average Bonchev–Trinajstić information content (AvgIpc) is 2.51. The zero-order valence-electron chi connectivity index (χ0n) is 11.5. The van der Waals surface area contributed by atoms with Gasteiger partial charge in [-0.3, -0.25) is 0 Å². The first-order valence-electron chi connectivity index (χ1n) is 6.44. The lowest BCUT2D eigenvalue weighted by molar-refractivity contribution is 0.0461. The van der Waals surface area contributed by atoms with Gasteiger partial charge in [0.05, 0.1) is 5.56 Å². The highest BCUT2D eigenvalue weighted by molar-refractivity contribution is 5.90. The fourth-order valence-electron chi connectivity index (χ4n) is 1.91. The van der Waals surface area contributed by atoms with Crippen LogP contribution in [0.15, 0.2) is 18.2 Å². The van der Waals surface area contributed by atoms with Crippen molar-refractivity contribution in [3.05, 3.63) is 29.6 Å². The van der Waals surface area contributed by atoms with Crippen LogP contribution in [0.4, 0.5) is 11.9 Å². The highest BCUT2D eigenvalue weighted by Crippen LogP contribution is 2.30. The van der Waals surface area contributed by atoms with E-state index in [-0.39, 0.29) is 24.3 Å². The van der Waals surface area contributed by atoms with Gasteiger partial charge in [-0.25, -0.2) is 4.79 Å². The minimum absolute atomic E-state index is 0.0297. The predicted octanol–water partition coefficient (Wildman–Crippen LogP) is 0.164. The number of hydrogen-bond acceptors (Lipinski definition) is 9. The number of nitrogens with zero attached hydrogens (tertiary/aromatic N) is 3.